The maximum atomic E-state index is 10.4. The molecule has 1 aromatic carbocycles. The zero-order chi connectivity index (χ0) is 14.7. The van der Waals surface area contributed by atoms with E-state index in [0.717, 1.165) is 29.4 Å². The first kappa shape index (κ1) is 14.5. The molecule has 1 saturated heterocycles. The molecular weight excluding hydrogens is 262 g/mol. The molecule has 4 nitrogen and oxygen atoms in total. The molecule has 1 aliphatic heterocycles. The van der Waals surface area contributed by atoms with Crippen LogP contribution in [0, 0.1) is 0 Å². The fourth-order valence-electron chi connectivity index (χ4n) is 3.44. The Morgan fingerprint density at radius 3 is 3.19 bits per heavy atom. The lowest BCUT2D eigenvalue weighted by molar-refractivity contribution is 0.101. The second-order valence-electron chi connectivity index (χ2n) is 6.11. The van der Waals surface area contributed by atoms with Gasteiger partial charge in [0.05, 0.1) is 17.8 Å². The molecule has 21 heavy (non-hydrogen) atoms. The molecule has 0 saturated carbocycles. The van der Waals surface area contributed by atoms with Crippen LogP contribution in [0.4, 0.5) is 0 Å². The van der Waals surface area contributed by atoms with Crippen LogP contribution < -0.4 is 0 Å². The van der Waals surface area contributed by atoms with Gasteiger partial charge in [0.1, 0.15) is 0 Å². The van der Waals surface area contributed by atoms with E-state index in [2.05, 4.69) is 22.0 Å². The van der Waals surface area contributed by atoms with E-state index < -0.39 is 0 Å². The topological polar surface area (TPSA) is 52.1 Å². The number of rotatable bonds is 5. The number of aliphatic hydroxyl groups is 1. The smallest absolute Gasteiger partial charge is 0.0802 e. The summed E-state index contributed by atoms with van der Waals surface area (Å²) in [6.45, 7) is 4.45. The number of likely N-dealkylation sites (tertiary alicyclic amines) is 1. The minimum absolute atomic E-state index is 0.385. The van der Waals surface area contributed by atoms with Crippen LogP contribution in [0.5, 0.6) is 0 Å². The van der Waals surface area contributed by atoms with Gasteiger partial charge in [-0.25, -0.2) is 0 Å². The predicted octanol–water partition coefficient (Wildman–Crippen LogP) is 3.25. The van der Waals surface area contributed by atoms with E-state index in [1.165, 1.54) is 32.2 Å². The Labute approximate surface area is 126 Å². The highest BCUT2D eigenvalue weighted by Gasteiger charge is 2.21. The van der Waals surface area contributed by atoms with Crippen molar-refractivity contribution in [1.82, 2.24) is 15.1 Å². The van der Waals surface area contributed by atoms with Crippen molar-refractivity contribution in [2.75, 3.05) is 13.1 Å². The zero-order valence-electron chi connectivity index (χ0n) is 12.8. The van der Waals surface area contributed by atoms with Gasteiger partial charge in [-0.3, -0.25) is 5.10 Å². The van der Waals surface area contributed by atoms with Crippen LogP contribution in [0.15, 0.2) is 24.4 Å². The summed E-state index contributed by atoms with van der Waals surface area (Å²) in [6.07, 6.45) is 7.42. The maximum absolute atomic E-state index is 10.4. The van der Waals surface area contributed by atoms with Gasteiger partial charge in [0, 0.05) is 18.0 Å². The molecule has 1 aliphatic rings. The van der Waals surface area contributed by atoms with Crippen LogP contribution in [-0.4, -0.2) is 39.3 Å². The third kappa shape index (κ3) is 3.27. The Hall–Kier alpha value is -1.39. The van der Waals surface area contributed by atoms with E-state index in [0.29, 0.717) is 6.04 Å². The Kier molecular flexibility index (Phi) is 4.56. The number of benzene rings is 1. The number of fused-ring (bicyclic) bond motifs is 1. The highest BCUT2D eigenvalue weighted by Crippen LogP contribution is 2.24. The summed E-state index contributed by atoms with van der Waals surface area (Å²) in [5.41, 5.74) is 2.02. The Bertz CT molecular complexity index is 580. The lowest BCUT2D eigenvalue weighted by Crippen LogP contribution is -2.40. The van der Waals surface area contributed by atoms with Gasteiger partial charge in [0.15, 0.2) is 0 Å². The molecule has 114 valence electrons. The average molecular weight is 287 g/mol. The third-order valence-electron chi connectivity index (χ3n) is 4.76. The Morgan fingerprint density at radius 1 is 1.43 bits per heavy atom. The maximum Gasteiger partial charge on any atom is 0.0802 e. The van der Waals surface area contributed by atoms with Gasteiger partial charge in [0.25, 0.3) is 0 Å². The number of aromatic nitrogens is 2. The summed E-state index contributed by atoms with van der Waals surface area (Å²) in [5.74, 6) is 0. The summed E-state index contributed by atoms with van der Waals surface area (Å²) in [6, 6.07) is 6.74. The van der Waals surface area contributed by atoms with Crippen molar-refractivity contribution in [2.24, 2.45) is 0 Å². The standard InChI is InChI=1S/C17H25N3O/c1-2-15-5-3-4-9-20(15)10-8-17(21)13-6-7-16-14(11-13)12-18-19-16/h6-7,11-12,15,17,21H,2-5,8-10H2,1H3,(H,18,19). The fourth-order valence-corrected chi connectivity index (χ4v) is 3.44. The second-order valence-corrected chi connectivity index (χ2v) is 6.11. The van der Waals surface area contributed by atoms with E-state index in [1.54, 1.807) is 0 Å². The van der Waals surface area contributed by atoms with Gasteiger partial charge in [-0.15, -0.1) is 0 Å². The van der Waals surface area contributed by atoms with Gasteiger partial charge in [0.2, 0.25) is 0 Å². The van der Waals surface area contributed by atoms with E-state index in [4.69, 9.17) is 0 Å². The number of piperidine rings is 1. The van der Waals surface area contributed by atoms with Crippen molar-refractivity contribution >= 4 is 10.9 Å². The Balaban J connectivity index is 1.61. The molecule has 2 aromatic rings. The van der Waals surface area contributed by atoms with Gasteiger partial charge >= 0.3 is 0 Å². The monoisotopic (exact) mass is 287 g/mol. The van der Waals surface area contributed by atoms with Gasteiger partial charge in [-0.2, -0.15) is 5.10 Å². The van der Waals surface area contributed by atoms with Crippen LogP contribution in [0.2, 0.25) is 0 Å². The number of hydrogen-bond donors (Lipinski definition) is 2. The number of nitrogens with zero attached hydrogens (tertiary/aromatic N) is 2. The van der Waals surface area contributed by atoms with Crippen molar-refractivity contribution in [3.05, 3.63) is 30.0 Å². The average Bonchev–Trinajstić information content (AvgIpc) is 3.00. The van der Waals surface area contributed by atoms with Crippen LogP contribution in [0.1, 0.15) is 50.7 Å². The van der Waals surface area contributed by atoms with Crippen molar-refractivity contribution in [3.8, 4) is 0 Å². The molecule has 1 aromatic heterocycles. The molecule has 0 amide bonds. The fraction of sp³-hybridized carbons (Fsp3) is 0.588. The quantitative estimate of drug-likeness (QED) is 0.887. The third-order valence-corrected chi connectivity index (χ3v) is 4.76. The lowest BCUT2D eigenvalue weighted by Gasteiger charge is -2.35. The van der Waals surface area contributed by atoms with Gasteiger partial charge < -0.3 is 10.0 Å². The molecule has 1 fully saturated rings. The normalized spacial score (nSPS) is 21.7. The van der Waals surface area contributed by atoms with E-state index in [1.807, 2.05) is 24.4 Å². The first-order valence-electron chi connectivity index (χ1n) is 8.13. The minimum atomic E-state index is -0.385. The van der Waals surface area contributed by atoms with Crippen molar-refractivity contribution in [3.63, 3.8) is 0 Å². The largest absolute Gasteiger partial charge is 0.388 e. The predicted molar refractivity (Wildman–Crippen MR) is 85.2 cm³/mol. The molecule has 3 rings (SSSR count). The molecule has 0 aliphatic carbocycles. The van der Waals surface area contributed by atoms with Gasteiger partial charge in [-0.05, 0) is 49.9 Å². The molecule has 2 atom stereocenters. The minimum Gasteiger partial charge on any atom is -0.388 e. The number of nitrogens with one attached hydrogen (secondary N) is 1. The van der Waals surface area contributed by atoms with Crippen LogP contribution in [0.25, 0.3) is 10.9 Å². The van der Waals surface area contributed by atoms with Crippen LogP contribution in [0.3, 0.4) is 0 Å². The van der Waals surface area contributed by atoms with E-state index in [-0.39, 0.29) is 6.10 Å². The lowest BCUT2D eigenvalue weighted by atomic mass is 9.98. The first-order valence-corrected chi connectivity index (χ1v) is 8.13. The molecule has 4 heteroatoms. The SMILES string of the molecule is CCC1CCCCN1CCC(O)c1ccc2[nH]ncc2c1. The summed E-state index contributed by atoms with van der Waals surface area (Å²) in [4.78, 5) is 2.56. The Morgan fingerprint density at radius 2 is 2.33 bits per heavy atom. The summed E-state index contributed by atoms with van der Waals surface area (Å²) >= 11 is 0. The van der Waals surface area contributed by atoms with Crippen molar-refractivity contribution < 1.29 is 5.11 Å². The second kappa shape index (κ2) is 6.58. The summed E-state index contributed by atoms with van der Waals surface area (Å²) in [7, 11) is 0. The van der Waals surface area contributed by atoms with E-state index >= 15 is 0 Å². The molecule has 2 heterocycles. The van der Waals surface area contributed by atoms with Crippen LogP contribution >= 0.6 is 0 Å². The number of aliphatic hydroxyl groups excluding tert-OH is 1. The zero-order valence-corrected chi connectivity index (χ0v) is 12.8. The number of H-pyrrole nitrogens is 1. The van der Waals surface area contributed by atoms with Gasteiger partial charge in [-0.1, -0.05) is 19.4 Å². The van der Waals surface area contributed by atoms with E-state index in [9.17, 15) is 5.11 Å². The highest BCUT2D eigenvalue weighted by molar-refractivity contribution is 5.78. The first-order chi connectivity index (χ1) is 10.3. The summed E-state index contributed by atoms with van der Waals surface area (Å²) < 4.78 is 0. The molecule has 0 spiro atoms. The summed E-state index contributed by atoms with van der Waals surface area (Å²) in [5, 5.41) is 18.5. The molecular formula is C17H25N3O. The highest BCUT2D eigenvalue weighted by atomic mass is 16.3. The van der Waals surface area contributed by atoms with Crippen molar-refractivity contribution in [1.29, 1.82) is 0 Å². The molecule has 0 bridgehead atoms. The molecule has 0 radical (unpaired) electrons. The molecule has 2 N–H and O–H groups in total. The molecule has 2 unspecified atom stereocenters. The number of aromatic amines is 1. The van der Waals surface area contributed by atoms with Crippen molar-refractivity contribution in [2.45, 2.75) is 51.2 Å². The van der Waals surface area contributed by atoms with Crippen LogP contribution in [-0.2, 0) is 0 Å². The number of hydrogen-bond acceptors (Lipinski definition) is 3.